The lowest BCUT2D eigenvalue weighted by Gasteiger charge is -2.31. The summed E-state index contributed by atoms with van der Waals surface area (Å²) in [6.45, 7) is 7.32. The Morgan fingerprint density at radius 1 is 1.38 bits per heavy atom. The molecule has 0 bridgehead atoms. The summed E-state index contributed by atoms with van der Waals surface area (Å²) in [6, 6.07) is 0.960. The zero-order chi connectivity index (χ0) is 11.5. The van der Waals surface area contributed by atoms with Gasteiger partial charge in [0.2, 0.25) is 0 Å². The van der Waals surface area contributed by atoms with Crippen molar-refractivity contribution in [2.75, 3.05) is 11.9 Å². The second kappa shape index (κ2) is 4.78. The van der Waals surface area contributed by atoms with Gasteiger partial charge >= 0.3 is 0 Å². The van der Waals surface area contributed by atoms with Crippen LogP contribution >= 0.6 is 0 Å². The lowest BCUT2D eigenvalue weighted by molar-refractivity contribution is 0.388. The first-order valence-corrected chi connectivity index (χ1v) is 5.97. The van der Waals surface area contributed by atoms with E-state index in [2.05, 4.69) is 27.5 Å². The molecule has 0 radical (unpaired) electrons. The number of hydrogen-bond acceptors (Lipinski definition) is 4. The molecule has 1 aromatic heterocycles. The van der Waals surface area contributed by atoms with Crippen LogP contribution in [0.2, 0.25) is 0 Å². The minimum Gasteiger partial charge on any atom is -0.364 e. The average molecular weight is 220 g/mol. The number of piperidine rings is 1. The van der Waals surface area contributed by atoms with Crippen LogP contribution in [-0.4, -0.2) is 28.6 Å². The smallest absolute Gasteiger partial charge is 0.145 e. The van der Waals surface area contributed by atoms with Gasteiger partial charge in [0.1, 0.15) is 5.82 Å². The molecule has 1 aliphatic rings. The average Bonchev–Trinajstić information content (AvgIpc) is 2.27. The minimum absolute atomic E-state index is 0.463. The van der Waals surface area contributed by atoms with Crippen LogP contribution in [0.15, 0.2) is 6.20 Å². The molecule has 2 N–H and O–H groups in total. The third-order valence-electron chi connectivity index (χ3n) is 3.29. The third-order valence-corrected chi connectivity index (χ3v) is 3.29. The Balaban J connectivity index is 2.05. The summed E-state index contributed by atoms with van der Waals surface area (Å²) in [5.41, 5.74) is 2.00. The molecule has 2 rings (SSSR count). The van der Waals surface area contributed by atoms with E-state index >= 15 is 0 Å². The van der Waals surface area contributed by atoms with Crippen LogP contribution in [0.5, 0.6) is 0 Å². The maximum absolute atomic E-state index is 4.50. The number of aromatic nitrogens is 2. The highest BCUT2D eigenvalue weighted by atomic mass is 15.1. The van der Waals surface area contributed by atoms with Crippen LogP contribution in [0.3, 0.4) is 0 Å². The molecule has 0 saturated carbocycles. The van der Waals surface area contributed by atoms with Gasteiger partial charge in [-0.2, -0.15) is 0 Å². The number of nitrogens with one attached hydrogen (secondary N) is 2. The van der Waals surface area contributed by atoms with Gasteiger partial charge in [-0.05, 0) is 40.2 Å². The minimum atomic E-state index is 0.463. The second-order valence-electron chi connectivity index (χ2n) is 4.56. The van der Waals surface area contributed by atoms with E-state index in [1.807, 2.05) is 20.0 Å². The van der Waals surface area contributed by atoms with E-state index in [0.29, 0.717) is 12.1 Å². The van der Waals surface area contributed by atoms with Crippen molar-refractivity contribution in [3.05, 3.63) is 17.6 Å². The highest BCUT2D eigenvalue weighted by molar-refractivity contribution is 5.35. The summed E-state index contributed by atoms with van der Waals surface area (Å²) in [5.74, 6) is 0.892. The molecule has 0 amide bonds. The monoisotopic (exact) mass is 220 g/mol. The highest BCUT2D eigenvalue weighted by Crippen LogP contribution is 2.14. The van der Waals surface area contributed by atoms with Crippen molar-refractivity contribution in [3.8, 4) is 0 Å². The second-order valence-corrected chi connectivity index (χ2v) is 4.56. The molecule has 0 spiro atoms. The van der Waals surface area contributed by atoms with Gasteiger partial charge in [0.05, 0.1) is 17.6 Å². The van der Waals surface area contributed by atoms with Crippen LogP contribution in [-0.2, 0) is 0 Å². The molecule has 88 valence electrons. The van der Waals surface area contributed by atoms with Gasteiger partial charge in [-0.25, -0.2) is 4.98 Å². The standard InChI is InChI=1S/C12H20N4/c1-8-9(2)15-12(7-14-8)16-11-5-4-6-13-10(11)3/h7,10-11,13H,4-6H2,1-3H3,(H,15,16). The van der Waals surface area contributed by atoms with Crippen molar-refractivity contribution in [1.29, 1.82) is 0 Å². The molecular weight excluding hydrogens is 200 g/mol. The summed E-state index contributed by atoms with van der Waals surface area (Å²) in [6.07, 6.45) is 4.24. The van der Waals surface area contributed by atoms with Gasteiger partial charge in [0.15, 0.2) is 0 Å². The van der Waals surface area contributed by atoms with E-state index in [1.165, 1.54) is 12.8 Å². The number of rotatable bonds is 2. The molecule has 16 heavy (non-hydrogen) atoms. The quantitative estimate of drug-likeness (QED) is 0.795. The van der Waals surface area contributed by atoms with E-state index < -0.39 is 0 Å². The van der Waals surface area contributed by atoms with Gasteiger partial charge in [0, 0.05) is 12.1 Å². The van der Waals surface area contributed by atoms with E-state index in [0.717, 1.165) is 23.8 Å². The predicted octanol–water partition coefficient (Wildman–Crippen LogP) is 1.65. The van der Waals surface area contributed by atoms with Crippen LogP contribution < -0.4 is 10.6 Å². The van der Waals surface area contributed by atoms with Crippen LogP contribution in [0, 0.1) is 13.8 Å². The Hall–Kier alpha value is -1.16. The fourth-order valence-corrected chi connectivity index (χ4v) is 2.04. The van der Waals surface area contributed by atoms with Crippen molar-refractivity contribution < 1.29 is 0 Å². The van der Waals surface area contributed by atoms with Crippen molar-refractivity contribution in [2.24, 2.45) is 0 Å². The molecule has 4 nitrogen and oxygen atoms in total. The van der Waals surface area contributed by atoms with Gasteiger partial charge in [-0.3, -0.25) is 4.98 Å². The van der Waals surface area contributed by atoms with Crippen molar-refractivity contribution >= 4 is 5.82 Å². The Kier molecular flexibility index (Phi) is 3.39. The van der Waals surface area contributed by atoms with Gasteiger partial charge < -0.3 is 10.6 Å². The largest absolute Gasteiger partial charge is 0.364 e. The maximum atomic E-state index is 4.50. The topological polar surface area (TPSA) is 49.8 Å². The van der Waals surface area contributed by atoms with Crippen LogP contribution in [0.4, 0.5) is 5.82 Å². The first-order chi connectivity index (χ1) is 7.66. The Morgan fingerprint density at radius 2 is 2.19 bits per heavy atom. The molecule has 0 aliphatic carbocycles. The van der Waals surface area contributed by atoms with Crippen LogP contribution in [0.1, 0.15) is 31.2 Å². The molecule has 2 unspecified atom stereocenters. The Bertz CT molecular complexity index is 364. The van der Waals surface area contributed by atoms with E-state index in [-0.39, 0.29) is 0 Å². The fourth-order valence-electron chi connectivity index (χ4n) is 2.04. The van der Waals surface area contributed by atoms with E-state index in [9.17, 15) is 0 Å². The van der Waals surface area contributed by atoms with Crippen molar-refractivity contribution in [3.63, 3.8) is 0 Å². The fraction of sp³-hybridized carbons (Fsp3) is 0.667. The lowest BCUT2D eigenvalue weighted by atomic mass is 10.00. The summed E-state index contributed by atoms with van der Waals surface area (Å²) in [5, 5.41) is 6.93. The number of anilines is 1. The lowest BCUT2D eigenvalue weighted by Crippen LogP contribution is -2.46. The molecule has 4 heteroatoms. The van der Waals surface area contributed by atoms with Crippen LogP contribution in [0.25, 0.3) is 0 Å². The third kappa shape index (κ3) is 2.50. The van der Waals surface area contributed by atoms with Gasteiger partial charge in [-0.1, -0.05) is 0 Å². The van der Waals surface area contributed by atoms with Crippen molar-refractivity contribution in [1.82, 2.24) is 15.3 Å². The molecule has 0 aromatic carbocycles. The number of nitrogens with zero attached hydrogens (tertiary/aromatic N) is 2. The normalized spacial score (nSPS) is 25.4. The van der Waals surface area contributed by atoms with Gasteiger partial charge in [-0.15, -0.1) is 0 Å². The zero-order valence-electron chi connectivity index (χ0n) is 10.2. The summed E-state index contributed by atoms with van der Waals surface area (Å²) >= 11 is 0. The molecule has 2 heterocycles. The molecule has 1 saturated heterocycles. The zero-order valence-corrected chi connectivity index (χ0v) is 10.2. The van der Waals surface area contributed by atoms with E-state index in [4.69, 9.17) is 0 Å². The Morgan fingerprint density at radius 3 is 2.88 bits per heavy atom. The van der Waals surface area contributed by atoms with Crippen molar-refractivity contribution in [2.45, 2.75) is 45.7 Å². The summed E-state index contributed by atoms with van der Waals surface area (Å²) in [7, 11) is 0. The first-order valence-electron chi connectivity index (χ1n) is 5.97. The first kappa shape index (κ1) is 11.3. The Labute approximate surface area is 96.9 Å². The number of hydrogen-bond donors (Lipinski definition) is 2. The van der Waals surface area contributed by atoms with E-state index in [1.54, 1.807) is 0 Å². The SMILES string of the molecule is Cc1ncc(NC2CCCNC2C)nc1C. The molecule has 1 aliphatic heterocycles. The molecular formula is C12H20N4. The molecule has 1 fully saturated rings. The van der Waals surface area contributed by atoms with Gasteiger partial charge in [0.25, 0.3) is 0 Å². The highest BCUT2D eigenvalue weighted by Gasteiger charge is 2.20. The molecule has 2 atom stereocenters. The molecule has 1 aromatic rings. The predicted molar refractivity (Wildman–Crippen MR) is 65.6 cm³/mol. The number of aryl methyl sites for hydroxylation is 2. The summed E-state index contributed by atoms with van der Waals surface area (Å²) in [4.78, 5) is 8.82. The maximum Gasteiger partial charge on any atom is 0.145 e. The summed E-state index contributed by atoms with van der Waals surface area (Å²) < 4.78 is 0.